The van der Waals surface area contributed by atoms with Crippen LogP contribution in [-0.4, -0.2) is 55.6 Å². The Morgan fingerprint density at radius 3 is 2.72 bits per heavy atom. The Labute approximate surface area is 166 Å². The minimum atomic E-state index is -3.88. The Kier molecular flexibility index (Phi) is 5.87. The van der Waals surface area contributed by atoms with Gasteiger partial charge in [0.2, 0.25) is 5.91 Å². The summed E-state index contributed by atoms with van der Waals surface area (Å²) >= 11 is 0. The van der Waals surface area contributed by atoms with Gasteiger partial charge in [-0.25, -0.2) is 18.4 Å². The number of ether oxygens (including phenoxy) is 1. The van der Waals surface area contributed by atoms with Crippen LogP contribution in [0.15, 0.2) is 42.6 Å². The van der Waals surface area contributed by atoms with Crippen LogP contribution in [-0.2, 0) is 24.2 Å². The smallest absolute Gasteiger partial charge is 0.307 e. The third-order valence-corrected chi connectivity index (χ3v) is 5.94. The van der Waals surface area contributed by atoms with Crippen LogP contribution >= 0.6 is 0 Å². The van der Waals surface area contributed by atoms with Crippen molar-refractivity contribution in [3.8, 4) is 0 Å². The van der Waals surface area contributed by atoms with Crippen molar-refractivity contribution >= 4 is 33.4 Å². The van der Waals surface area contributed by atoms with E-state index in [1.54, 1.807) is 12.1 Å². The van der Waals surface area contributed by atoms with Crippen LogP contribution in [0.5, 0.6) is 0 Å². The van der Waals surface area contributed by atoms with Crippen molar-refractivity contribution in [3.05, 3.63) is 54.0 Å². The van der Waals surface area contributed by atoms with Gasteiger partial charge in [0.05, 0.1) is 19.2 Å². The first-order valence-corrected chi connectivity index (χ1v) is 10.3. The average molecular weight is 418 g/mol. The van der Waals surface area contributed by atoms with E-state index in [0.29, 0.717) is 0 Å². The number of aromatic nitrogens is 2. The summed E-state index contributed by atoms with van der Waals surface area (Å²) in [6.07, 6.45) is 1.43. The number of esters is 1. The van der Waals surface area contributed by atoms with Crippen molar-refractivity contribution < 1.29 is 27.5 Å². The summed E-state index contributed by atoms with van der Waals surface area (Å²) in [7, 11) is -2.64. The first-order chi connectivity index (χ1) is 13.8. The third-order valence-electron chi connectivity index (χ3n) is 4.16. The fourth-order valence-corrected chi connectivity index (χ4v) is 4.55. The van der Waals surface area contributed by atoms with Crippen molar-refractivity contribution in [1.82, 2.24) is 15.3 Å². The maximum absolute atomic E-state index is 12.6. The lowest BCUT2D eigenvalue weighted by atomic mass is 10.2. The first kappa shape index (κ1) is 20.4. The zero-order chi connectivity index (χ0) is 21.0. The summed E-state index contributed by atoms with van der Waals surface area (Å²) in [4.78, 5) is 45.1. The van der Waals surface area contributed by atoms with E-state index in [4.69, 9.17) is 0 Å². The molecule has 0 radical (unpaired) electrons. The lowest BCUT2D eigenvalue weighted by Gasteiger charge is -2.22. The molecule has 1 saturated heterocycles. The molecule has 2 aromatic rings. The molecular weight excluding hydrogens is 400 g/mol. The van der Waals surface area contributed by atoms with E-state index in [1.807, 2.05) is 0 Å². The number of pyridine rings is 2. The molecule has 3 rings (SSSR count). The van der Waals surface area contributed by atoms with Crippen LogP contribution in [0.1, 0.15) is 28.0 Å². The van der Waals surface area contributed by atoms with Gasteiger partial charge in [0, 0.05) is 12.7 Å². The highest BCUT2D eigenvalue weighted by Gasteiger charge is 2.47. The standard InChI is InChI=1S/C18H18N4O6S/c1-28-16(24)8-10-20-17(25)12-5-4-6-13(21-12)18-22(14-7-2-3-9-19-14)15(23)11-29(18,26)27/h2-7,9,18H,8,10-11H2,1H3,(H,20,25). The fraction of sp³-hybridized carbons (Fsp3) is 0.278. The molecule has 1 aliphatic heterocycles. The van der Waals surface area contributed by atoms with Crippen molar-refractivity contribution in [2.24, 2.45) is 0 Å². The minimum Gasteiger partial charge on any atom is -0.469 e. The predicted molar refractivity (Wildman–Crippen MR) is 101 cm³/mol. The second-order valence-corrected chi connectivity index (χ2v) is 8.20. The molecule has 0 saturated carbocycles. The molecule has 11 heteroatoms. The SMILES string of the molecule is COC(=O)CCNC(=O)c1cccc(C2N(c3ccccn3)C(=O)CS2(=O)=O)n1. The van der Waals surface area contributed by atoms with Crippen LogP contribution < -0.4 is 10.2 Å². The summed E-state index contributed by atoms with van der Waals surface area (Å²) in [5.41, 5.74) is -0.00925. The normalized spacial score (nSPS) is 17.8. The van der Waals surface area contributed by atoms with Gasteiger partial charge in [0.1, 0.15) is 17.3 Å². The summed E-state index contributed by atoms with van der Waals surface area (Å²) in [6.45, 7) is 0.0394. The summed E-state index contributed by atoms with van der Waals surface area (Å²) in [6, 6.07) is 9.12. The Balaban J connectivity index is 1.88. The zero-order valence-electron chi connectivity index (χ0n) is 15.4. The highest BCUT2D eigenvalue weighted by atomic mass is 32.2. The average Bonchev–Trinajstić information content (AvgIpc) is 2.96. The molecule has 0 bridgehead atoms. The second-order valence-electron chi connectivity index (χ2n) is 6.14. The molecule has 1 aliphatic rings. The van der Waals surface area contributed by atoms with Crippen molar-refractivity contribution in [2.45, 2.75) is 11.8 Å². The van der Waals surface area contributed by atoms with Gasteiger partial charge in [-0.15, -0.1) is 0 Å². The van der Waals surface area contributed by atoms with E-state index in [9.17, 15) is 22.8 Å². The number of methoxy groups -OCH3 is 1. The number of nitrogens with zero attached hydrogens (tertiary/aromatic N) is 3. The maximum atomic E-state index is 12.6. The van der Waals surface area contributed by atoms with Crippen LogP contribution in [0, 0.1) is 0 Å². The molecule has 0 aliphatic carbocycles. The lowest BCUT2D eigenvalue weighted by molar-refractivity contribution is -0.140. The number of carbonyl (C=O) groups is 3. The first-order valence-electron chi connectivity index (χ1n) is 8.60. The maximum Gasteiger partial charge on any atom is 0.307 e. The molecule has 1 unspecified atom stereocenters. The summed E-state index contributed by atoms with van der Waals surface area (Å²) in [5.74, 6) is -2.18. The number of hydrogen-bond donors (Lipinski definition) is 1. The van der Waals surface area contributed by atoms with Crippen LogP contribution in [0.25, 0.3) is 0 Å². The molecule has 1 atom stereocenters. The van der Waals surface area contributed by atoms with Crippen LogP contribution in [0.3, 0.4) is 0 Å². The Hall–Kier alpha value is -3.34. The zero-order valence-corrected chi connectivity index (χ0v) is 16.3. The molecule has 152 valence electrons. The lowest BCUT2D eigenvalue weighted by Crippen LogP contribution is -2.31. The molecule has 1 N–H and O–H groups in total. The summed E-state index contributed by atoms with van der Waals surface area (Å²) < 4.78 is 29.8. The number of hydrogen-bond acceptors (Lipinski definition) is 8. The van der Waals surface area contributed by atoms with Gasteiger partial charge in [0.15, 0.2) is 15.2 Å². The van der Waals surface area contributed by atoms with Crippen LogP contribution in [0.2, 0.25) is 0 Å². The molecule has 0 spiro atoms. The molecule has 29 heavy (non-hydrogen) atoms. The van der Waals surface area contributed by atoms with Gasteiger partial charge in [-0.2, -0.15) is 0 Å². The number of amides is 2. The van der Waals surface area contributed by atoms with E-state index in [0.717, 1.165) is 4.90 Å². The number of rotatable bonds is 6. The molecule has 2 amide bonds. The van der Waals surface area contributed by atoms with Gasteiger partial charge in [0.25, 0.3) is 5.91 Å². The Morgan fingerprint density at radius 2 is 2.03 bits per heavy atom. The van der Waals surface area contributed by atoms with Gasteiger partial charge >= 0.3 is 5.97 Å². The number of nitrogens with one attached hydrogen (secondary N) is 1. The largest absolute Gasteiger partial charge is 0.469 e. The van der Waals surface area contributed by atoms with Crippen molar-refractivity contribution in [3.63, 3.8) is 0 Å². The molecule has 1 fully saturated rings. The molecule has 10 nitrogen and oxygen atoms in total. The van der Waals surface area contributed by atoms with E-state index in [1.165, 1.54) is 37.6 Å². The number of anilines is 1. The second kappa shape index (κ2) is 8.35. The molecule has 3 heterocycles. The number of sulfone groups is 1. The van der Waals surface area contributed by atoms with E-state index < -0.39 is 38.7 Å². The van der Waals surface area contributed by atoms with Crippen molar-refractivity contribution in [2.75, 3.05) is 24.3 Å². The van der Waals surface area contributed by atoms with Gasteiger partial charge in [-0.05, 0) is 24.3 Å². The summed E-state index contributed by atoms with van der Waals surface area (Å²) in [5, 5.41) is 1.13. The number of carbonyl (C=O) groups excluding carboxylic acids is 3. The molecule has 0 aromatic carbocycles. The highest BCUT2D eigenvalue weighted by Crippen LogP contribution is 2.35. The van der Waals surface area contributed by atoms with Gasteiger partial charge < -0.3 is 10.1 Å². The monoisotopic (exact) mass is 418 g/mol. The predicted octanol–water partition coefficient (Wildman–Crippen LogP) is 0.230. The highest BCUT2D eigenvalue weighted by molar-refractivity contribution is 7.93. The van der Waals surface area contributed by atoms with Crippen molar-refractivity contribution in [1.29, 1.82) is 0 Å². The van der Waals surface area contributed by atoms with E-state index in [2.05, 4.69) is 20.0 Å². The Morgan fingerprint density at radius 1 is 1.24 bits per heavy atom. The molecule has 2 aromatic heterocycles. The van der Waals surface area contributed by atoms with E-state index in [-0.39, 0.29) is 30.2 Å². The quantitative estimate of drug-likeness (QED) is 0.659. The third kappa shape index (κ3) is 4.40. The molecular formula is C18H18N4O6S. The van der Waals surface area contributed by atoms with Gasteiger partial charge in [-0.3, -0.25) is 19.3 Å². The topological polar surface area (TPSA) is 136 Å². The van der Waals surface area contributed by atoms with Gasteiger partial charge in [-0.1, -0.05) is 12.1 Å². The minimum absolute atomic E-state index is 0.0130. The fourth-order valence-electron chi connectivity index (χ4n) is 2.86. The van der Waals surface area contributed by atoms with Crippen LogP contribution in [0.4, 0.5) is 5.82 Å². The van der Waals surface area contributed by atoms with E-state index >= 15 is 0 Å². The Bertz CT molecular complexity index is 1040.